The third kappa shape index (κ3) is 3.32. The van der Waals surface area contributed by atoms with E-state index in [0.29, 0.717) is 12.2 Å². The molecule has 1 N–H and O–H groups in total. The van der Waals surface area contributed by atoms with Gasteiger partial charge in [-0.05, 0) is 50.5 Å². The molecule has 1 aromatic rings. The van der Waals surface area contributed by atoms with Crippen molar-refractivity contribution in [2.24, 2.45) is 0 Å². The number of nitrogens with one attached hydrogen (secondary N) is 1. The molecule has 0 aliphatic carbocycles. The van der Waals surface area contributed by atoms with Crippen molar-refractivity contribution in [3.8, 4) is 0 Å². The van der Waals surface area contributed by atoms with E-state index in [4.69, 9.17) is 4.74 Å². The molecule has 0 radical (unpaired) electrons. The van der Waals surface area contributed by atoms with Gasteiger partial charge in [-0.1, -0.05) is 0 Å². The molecule has 2 rings (SSSR count). The molecule has 106 valence electrons. The van der Waals surface area contributed by atoms with Crippen LogP contribution < -0.4 is 4.72 Å². The van der Waals surface area contributed by atoms with Crippen LogP contribution in [-0.2, 0) is 14.8 Å². The molecule has 1 aromatic carbocycles. The van der Waals surface area contributed by atoms with E-state index in [-0.39, 0.29) is 17.0 Å². The fourth-order valence-corrected chi connectivity index (χ4v) is 3.79. The van der Waals surface area contributed by atoms with Crippen LogP contribution in [0, 0.1) is 12.7 Å². The van der Waals surface area contributed by atoms with Gasteiger partial charge in [0, 0.05) is 12.6 Å². The Bertz CT molecular complexity index is 553. The average Bonchev–Trinajstić information content (AvgIpc) is 2.80. The Morgan fingerprint density at radius 3 is 2.79 bits per heavy atom. The summed E-state index contributed by atoms with van der Waals surface area (Å²) in [7, 11) is -3.64. The number of sulfonamides is 1. The van der Waals surface area contributed by atoms with Crippen LogP contribution in [0.2, 0.25) is 0 Å². The highest BCUT2D eigenvalue weighted by Crippen LogP contribution is 2.20. The summed E-state index contributed by atoms with van der Waals surface area (Å²) in [5.74, 6) is -0.441. The summed E-state index contributed by atoms with van der Waals surface area (Å²) < 4.78 is 45.6. The Morgan fingerprint density at radius 2 is 2.21 bits per heavy atom. The standard InChI is InChI=1S/C13H18FNO3S/c1-9-8-11(14)5-6-13(9)19(16,17)15-10(2)12-4-3-7-18-12/h5-6,8,10,12,15H,3-4,7H2,1-2H3. The molecule has 1 saturated heterocycles. The van der Waals surface area contributed by atoms with Gasteiger partial charge in [-0.2, -0.15) is 0 Å². The summed E-state index contributed by atoms with van der Waals surface area (Å²) in [5, 5.41) is 0. The van der Waals surface area contributed by atoms with Gasteiger partial charge in [0.05, 0.1) is 11.0 Å². The van der Waals surface area contributed by atoms with Crippen LogP contribution >= 0.6 is 0 Å². The zero-order valence-electron chi connectivity index (χ0n) is 11.0. The van der Waals surface area contributed by atoms with Crippen LogP contribution in [0.4, 0.5) is 4.39 Å². The van der Waals surface area contributed by atoms with Crippen molar-refractivity contribution in [1.29, 1.82) is 0 Å². The highest BCUT2D eigenvalue weighted by Gasteiger charge is 2.27. The van der Waals surface area contributed by atoms with Crippen LogP contribution in [0.5, 0.6) is 0 Å². The van der Waals surface area contributed by atoms with E-state index in [1.165, 1.54) is 12.1 Å². The number of benzene rings is 1. The van der Waals surface area contributed by atoms with Crippen molar-refractivity contribution in [3.63, 3.8) is 0 Å². The Balaban J connectivity index is 2.17. The smallest absolute Gasteiger partial charge is 0.241 e. The first-order valence-corrected chi connectivity index (χ1v) is 7.78. The average molecular weight is 287 g/mol. The first-order chi connectivity index (χ1) is 8.90. The van der Waals surface area contributed by atoms with Gasteiger partial charge in [0.15, 0.2) is 0 Å². The van der Waals surface area contributed by atoms with Gasteiger partial charge >= 0.3 is 0 Å². The molecule has 4 nitrogen and oxygen atoms in total. The largest absolute Gasteiger partial charge is 0.377 e. The van der Waals surface area contributed by atoms with Crippen molar-refractivity contribution < 1.29 is 17.5 Å². The van der Waals surface area contributed by atoms with Crippen LogP contribution in [0.3, 0.4) is 0 Å². The van der Waals surface area contributed by atoms with E-state index in [9.17, 15) is 12.8 Å². The van der Waals surface area contributed by atoms with E-state index in [1.807, 2.05) is 0 Å². The van der Waals surface area contributed by atoms with Crippen molar-refractivity contribution >= 4 is 10.0 Å². The summed E-state index contributed by atoms with van der Waals surface area (Å²) in [6, 6.07) is 3.36. The number of ether oxygens (including phenoxy) is 1. The van der Waals surface area contributed by atoms with Gasteiger partial charge in [0.2, 0.25) is 10.0 Å². The SMILES string of the molecule is Cc1cc(F)ccc1S(=O)(=O)NC(C)C1CCCO1. The molecule has 0 aromatic heterocycles. The third-order valence-corrected chi connectivity index (χ3v) is 5.01. The molecule has 1 aliphatic heterocycles. The van der Waals surface area contributed by atoms with E-state index in [2.05, 4.69) is 4.72 Å². The molecular formula is C13H18FNO3S. The predicted molar refractivity (Wildman–Crippen MR) is 69.9 cm³/mol. The Labute approximate surface area is 113 Å². The minimum atomic E-state index is -3.64. The highest BCUT2D eigenvalue weighted by atomic mass is 32.2. The van der Waals surface area contributed by atoms with Gasteiger partial charge < -0.3 is 4.74 Å². The summed E-state index contributed by atoms with van der Waals surface area (Å²) in [6.45, 7) is 4.03. The van der Waals surface area contributed by atoms with Gasteiger partial charge in [0.25, 0.3) is 0 Å². The van der Waals surface area contributed by atoms with Crippen LogP contribution in [-0.4, -0.2) is 27.2 Å². The maximum Gasteiger partial charge on any atom is 0.241 e. The number of rotatable bonds is 4. The lowest BCUT2D eigenvalue weighted by Crippen LogP contribution is -2.40. The lowest BCUT2D eigenvalue weighted by atomic mass is 10.1. The van der Waals surface area contributed by atoms with Gasteiger partial charge in [-0.3, -0.25) is 0 Å². The van der Waals surface area contributed by atoms with Gasteiger partial charge in [-0.25, -0.2) is 17.5 Å². The van der Waals surface area contributed by atoms with Crippen LogP contribution in [0.25, 0.3) is 0 Å². The second-order valence-electron chi connectivity index (χ2n) is 4.87. The number of aryl methyl sites for hydroxylation is 1. The van der Waals surface area contributed by atoms with E-state index < -0.39 is 15.8 Å². The fraction of sp³-hybridized carbons (Fsp3) is 0.538. The first kappa shape index (κ1) is 14.4. The molecule has 1 heterocycles. The Kier molecular flexibility index (Phi) is 4.23. The molecule has 0 saturated carbocycles. The van der Waals surface area contributed by atoms with Crippen molar-refractivity contribution in [2.45, 2.75) is 43.7 Å². The van der Waals surface area contributed by atoms with Crippen LogP contribution in [0.1, 0.15) is 25.3 Å². The van der Waals surface area contributed by atoms with E-state index in [0.717, 1.165) is 18.9 Å². The second-order valence-corrected chi connectivity index (χ2v) is 6.55. The minimum absolute atomic E-state index is 0.0875. The van der Waals surface area contributed by atoms with Crippen molar-refractivity contribution in [1.82, 2.24) is 4.72 Å². The predicted octanol–water partition coefficient (Wildman–Crippen LogP) is 1.98. The molecule has 0 bridgehead atoms. The van der Waals surface area contributed by atoms with Crippen molar-refractivity contribution in [3.05, 3.63) is 29.6 Å². The maximum absolute atomic E-state index is 13.0. The monoisotopic (exact) mass is 287 g/mol. The molecule has 19 heavy (non-hydrogen) atoms. The fourth-order valence-electron chi connectivity index (χ4n) is 2.30. The molecule has 6 heteroatoms. The Hall–Kier alpha value is -0.980. The summed E-state index contributed by atoms with van der Waals surface area (Å²) in [5.41, 5.74) is 0.395. The molecule has 2 atom stereocenters. The number of hydrogen-bond acceptors (Lipinski definition) is 3. The molecule has 1 fully saturated rings. The van der Waals surface area contributed by atoms with Gasteiger partial charge in [-0.15, -0.1) is 0 Å². The molecule has 0 spiro atoms. The zero-order valence-corrected chi connectivity index (χ0v) is 11.8. The molecule has 2 unspecified atom stereocenters. The molecule has 1 aliphatic rings. The summed E-state index contributed by atoms with van der Waals surface area (Å²) in [6.07, 6.45) is 1.72. The topological polar surface area (TPSA) is 55.4 Å². The molecular weight excluding hydrogens is 269 g/mol. The zero-order chi connectivity index (χ0) is 14.0. The van der Waals surface area contributed by atoms with Crippen LogP contribution in [0.15, 0.2) is 23.1 Å². The van der Waals surface area contributed by atoms with Crippen molar-refractivity contribution in [2.75, 3.05) is 6.61 Å². The summed E-state index contributed by atoms with van der Waals surface area (Å²) in [4.78, 5) is 0.110. The van der Waals surface area contributed by atoms with E-state index >= 15 is 0 Å². The number of hydrogen-bond donors (Lipinski definition) is 1. The minimum Gasteiger partial charge on any atom is -0.377 e. The third-order valence-electron chi connectivity index (χ3n) is 3.29. The lowest BCUT2D eigenvalue weighted by molar-refractivity contribution is 0.0902. The quantitative estimate of drug-likeness (QED) is 0.921. The normalized spacial score (nSPS) is 21.5. The first-order valence-electron chi connectivity index (χ1n) is 6.30. The summed E-state index contributed by atoms with van der Waals surface area (Å²) >= 11 is 0. The highest BCUT2D eigenvalue weighted by molar-refractivity contribution is 7.89. The lowest BCUT2D eigenvalue weighted by Gasteiger charge is -2.20. The van der Waals surface area contributed by atoms with E-state index in [1.54, 1.807) is 13.8 Å². The number of halogens is 1. The molecule has 0 amide bonds. The maximum atomic E-state index is 13.0. The van der Waals surface area contributed by atoms with Gasteiger partial charge in [0.1, 0.15) is 5.82 Å². The second kappa shape index (κ2) is 5.56. The Morgan fingerprint density at radius 1 is 1.47 bits per heavy atom.